The summed E-state index contributed by atoms with van der Waals surface area (Å²) >= 11 is 0. The van der Waals surface area contributed by atoms with Gasteiger partial charge in [-0.25, -0.2) is 9.07 Å². The Kier molecular flexibility index (Phi) is 7.92. The molecule has 0 bridgehead atoms. The molecule has 0 radical (unpaired) electrons. The summed E-state index contributed by atoms with van der Waals surface area (Å²) < 4.78 is 20.6. The first-order valence-corrected chi connectivity index (χ1v) is 12.6. The summed E-state index contributed by atoms with van der Waals surface area (Å²) in [4.78, 5) is 27.9. The topological polar surface area (TPSA) is 80.4 Å². The maximum absolute atomic E-state index is 13.6. The van der Waals surface area contributed by atoms with E-state index in [9.17, 15) is 14.0 Å². The standard InChI is InChI=1S/C31H27FN4O3/c32-25-14-16-26(17-15-25)36-29(20-28(34-36)24-10-5-2-6-11-24)33-30(37)22-35(21-27-12-7-19-39-27)31(38)18-13-23-8-3-1-4-9-23/h1-12,14-17,19-20H,13,18,21-22H2,(H,33,37). The molecule has 0 unspecified atom stereocenters. The SMILES string of the molecule is O=C(CN(Cc1ccco1)C(=O)CCc1ccccc1)Nc1cc(-c2ccccc2)nn1-c1ccc(F)cc1. The van der Waals surface area contributed by atoms with Crippen LogP contribution in [0.15, 0.2) is 114 Å². The second-order valence-electron chi connectivity index (χ2n) is 9.03. The number of rotatable bonds is 10. The van der Waals surface area contributed by atoms with Crippen LogP contribution in [0.25, 0.3) is 16.9 Å². The molecule has 0 aliphatic rings. The first-order valence-electron chi connectivity index (χ1n) is 12.6. The molecule has 2 aromatic heterocycles. The van der Waals surface area contributed by atoms with Gasteiger partial charge in [0.25, 0.3) is 0 Å². The average molecular weight is 523 g/mol. The van der Waals surface area contributed by atoms with Crippen molar-refractivity contribution in [1.29, 1.82) is 0 Å². The fraction of sp³-hybridized carbons (Fsp3) is 0.129. The quantitative estimate of drug-likeness (QED) is 0.249. The molecule has 0 spiro atoms. The highest BCUT2D eigenvalue weighted by atomic mass is 19.1. The van der Waals surface area contributed by atoms with Crippen LogP contribution in [0.1, 0.15) is 17.7 Å². The molecule has 2 heterocycles. The van der Waals surface area contributed by atoms with Crippen LogP contribution in [0, 0.1) is 5.82 Å². The van der Waals surface area contributed by atoms with Gasteiger partial charge in [0, 0.05) is 18.1 Å². The van der Waals surface area contributed by atoms with Gasteiger partial charge in [-0.05, 0) is 48.4 Å². The number of carbonyl (C=O) groups is 2. The van der Waals surface area contributed by atoms with Crippen molar-refractivity contribution in [1.82, 2.24) is 14.7 Å². The Morgan fingerprint density at radius 3 is 2.31 bits per heavy atom. The Labute approximate surface area is 225 Å². The Hall–Kier alpha value is -4.98. The zero-order chi connectivity index (χ0) is 27.0. The van der Waals surface area contributed by atoms with Gasteiger partial charge < -0.3 is 14.6 Å². The lowest BCUT2D eigenvalue weighted by Gasteiger charge is -2.21. The fourth-order valence-electron chi connectivity index (χ4n) is 4.23. The van der Waals surface area contributed by atoms with Crippen molar-refractivity contribution in [3.8, 4) is 16.9 Å². The van der Waals surface area contributed by atoms with Crippen molar-refractivity contribution in [3.63, 3.8) is 0 Å². The molecule has 196 valence electrons. The second kappa shape index (κ2) is 12.0. The molecule has 0 aliphatic carbocycles. The number of anilines is 1. The Bertz CT molecular complexity index is 1520. The van der Waals surface area contributed by atoms with E-state index in [1.165, 1.54) is 23.3 Å². The molecule has 2 amide bonds. The summed E-state index contributed by atoms with van der Waals surface area (Å²) in [6.45, 7) is -0.00980. The van der Waals surface area contributed by atoms with E-state index in [4.69, 9.17) is 4.42 Å². The van der Waals surface area contributed by atoms with Gasteiger partial charge in [-0.1, -0.05) is 60.7 Å². The van der Waals surface area contributed by atoms with E-state index >= 15 is 0 Å². The van der Waals surface area contributed by atoms with Crippen LogP contribution in [-0.2, 0) is 22.6 Å². The number of halogens is 1. The van der Waals surface area contributed by atoms with Gasteiger partial charge in [0.05, 0.1) is 24.2 Å². The summed E-state index contributed by atoms with van der Waals surface area (Å²) in [6, 6.07) is 30.4. The van der Waals surface area contributed by atoms with Gasteiger partial charge in [0.2, 0.25) is 11.8 Å². The molecule has 0 aliphatic heterocycles. The first-order chi connectivity index (χ1) is 19.0. The van der Waals surface area contributed by atoms with Crippen LogP contribution in [0.3, 0.4) is 0 Å². The van der Waals surface area contributed by atoms with Gasteiger partial charge in [-0.15, -0.1) is 0 Å². The van der Waals surface area contributed by atoms with Gasteiger partial charge >= 0.3 is 0 Å². The van der Waals surface area contributed by atoms with E-state index < -0.39 is 5.91 Å². The van der Waals surface area contributed by atoms with Crippen LogP contribution >= 0.6 is 0 Å². The zero-order valence-electron chi connectivity index (χ0n) is 21.2. The van der Waals surface area contributed by atoms with E-state index in [0.29, 0.717) is 29.4 Å². The zero-order valence-corrected chi connectivity index (χ0v) is 21.2. The van der Waals surface area contributed by atoms with E-state index in [-0.39, 0.29) is 31.2 Å². The van der Waals surface area contributed by atoms with Crippen molar-refractivity contribution in [2.75, 3.05) is 11.9 Å². The van der Waals surface area contributed by atoms with Crippen molar-refractivity contribution < 1.29 is 18.4 Å². The number of aryl methyl sites for hydroxylation is 1. The number of hydrogen-bond donors (Lipinski definition) is 1. The number of aromatic nitrogens is 2. The number of carbonyl (C=O) groups excluding carboxylic acids is 2. The minimum Gasteiger partial charge on any atom is -0.467 e. The van der Waals surface area contributed by atoms with Gasteiger partial charge in [-0.2, -0.15) is 5.10 Å². The molecule has 5 aromatic rings. The van der Waals surface area contributed by atoms with Crippen molar-refractivity contribution in [3.05, 3.63) is 127 Å². The van der Waals surface area contributed by atoms with Crippen molar-refractivity contribution in [2.24, 2.45) is 0 Å². The van der Waals surface area contributed by atoms with Crippen LogP contribution in [0.4, 0.5) is 10.2 Å². The predicted molar refractivity (Wildman–Crippen MR) is 146 cm³/mol. The Morgan fingerprint density at radius 1 is 0.897 bits per heavy atom. The lowest BCUT2D eigenvalue weighted by Crippen LogP contribution is -2.37. The lowest BCUT2D eigenvalue weighted by atomic mass is 10.1. The minimum atomic E-state index is -0.391. The molecule has 39 heavy (non-hydrogen) atoms. The minimum absolute atomic E-state index is 0.164. The van der Waals surface area contributed by atoms with Crippen molar-refractivity contribution in [2.45, 2.75) is 19.4 Å². The molecule has 8 heteroatoms. The molecule has 7 nitrogen and oxygen atoms in total. The second-order valence-corrected chi connectivity index (χ2v) is 9.03. The van der Waals surface area contributed by atoms with Crippen LogP contribution in [0.5, 0.6) is 0 Å². The van der Waals surface area contributed by atoms with Crippen LogP contribution < -0.4 is 5.32 Å². The van der Waals surface area contributed by atoms with E-state index in [1.54, 1.807) is 35.0 Å². The predicted octanol–water partition coefficient (Wildman–Crippen LogP) is 5.87. The number of amides is 2. The molecular formula is C31H27FN4O3. The number of benzene rings is 3. The summed E-state index contributed by atoms with van der Waals surface area (Å²) in [5.41, 5.74) is 3.14. The third-order valence-corrected chi connectivity index (χ3v) is 6.20. The highest BCUT2D eigenvalue weighted by molar-refractivity contribution is 5.94. The first kappa shape index (κ1) is 25.7. The molecule has 1 N–H and O–H groups in total. The highest BCUT2D eigenvalue weighted by Gasteiger charge is 2.21. The molecule has 3 aromatic carbocycles. The van der Waals surface area contributed by atoms with E-state index in [2.05, 4.69) is 10.4 Å². The lowest BCUT2D eigenvalue weighted by molar-refractivity contribution is -0.135. The van der Waals surface area contributed by atoms with Crippen LogP contribution in [0.2, 0.25) is 0 Å². The smallest absolute Gasteiger partial charge is 0.245 e. The average Bonchev–Trinajstić information content (AvgIpc) is 3.63. The largest absolute Gasteiger partial charge is 0.467 e. The summed E-state index contributed by atoms with van der Waals surface area (Å²) in [5, 5.41) is 7.55. The molecule has 0 fully saturated rings. The fourth-order valence-corrected chi connectivity index (χ4v) is 4.23. The number of nitrogens with zero attached hydrogens (tertiary/aromatic N) is 3. The Morgan fingerprint density at radius 2 is 1.62 bits per heavy atom. The van der Waals surface area contributed by atoms with Gasteiger partial charge in [-0.3, -0.25) is 9.59 Å². The Balaban J connectivity index is 1.36. The molecule has 5 rings (SSSR count). The van der Waals surface area contributed by atoms with Gasteiger partial charge in [0.1, 0.15) is 23.9 Å². The molecule has 0 atom stereocenters. The number of nitrogens with one attached hydrogen (secondary N) is 1. The van der Waals surface area contributed by atoms with Crippen LogP contribution in [-0.4, -0.2) is 33.0 Å². The maximum atomic E-state index is 13.6. The summed E-state index contributed by atoms with van der Waals surface area (Å²) in [5.74, 6) is 0.0565. The third kappa shape index (κ3) is 6.67. The monoisotopic (exact) mass is 522 g/mol. The molecule has 0 saturated carbocycles. The number of furan rings is 1. The molecule has 0 saturated heterocycles. The van der Waals surface area contributed by atoms with E-state index in [1.807, 2.05) is 60.7 Å². The highest BCUT2D eigenvalue weighted by Crippen LogP contribution is 2.25. The van der Waals surface area contributed by atoms with Gasteiger partial charge in [0.15, 0.2) is 0 Å². The summed E-state index contributed by atoms with van der Waals surface area (Å²) in [7, 11) is 0. The van der Waals surface area contributed by atoms with Crippen molar-refractivity contribution >= 4 is 17.6 Å². The van der Waals surface area contributed by atoms with E-state index in [0.717, 1.165) is 11.1 Å². The number of hydrogen-bond acceptors (Lipinski definition) is 4. The normalized spacial score (nSPS) is 10.8. The third-order valence-electron chi connectivity index (χ3n) is 6.20. The molecular weight excluding hydrogens is 495 g/mol. The summed E-state index contributed by atoms with van der Waals surface area (Å²) in [6.07, 6.45) is 2.35. The maximum Gasteiger partial charge on any atom is 0.245 e.